The Bertz CT molecular complexity index is 1090. The molecule has 30 heavy (non-hydrogen) atoms. The Labute approximate surface area is 175 Å². The van der Waals surface area contributed by atoms with Crippen molar-refractivity contribution < 1.29 is 24.2 Å². The van der Waals surface area contributed by atoms with Gasteiger partial charge in [0.05, 0.1) is 12.0 Å². The molecule has 0 aliphatic rings. The molecule has 0 aliphatic heterocycles. The summed E-state index contributed by atoms with van der Waals surface area (Å²) in [6, 6.07) is 13.2. The number of rotatable bonds is 4. The lowest BCUT2D eigenvalue weighted by Gasteiger charge is -2.16. The quantitative estimate of drug-likeness (QED) is 0.590. The lowest BCUT2D eigenvalue weighted by Crippen LogP contribution is -2.11. The maximum absolute atomic E-state index is 14.0. The number of aliphatic carboxylic acids is 1. The van der Waals surface area contributed by atoms with E-state index < -0.39 is 23.3 Å². The Morgan fingerprint density at radius 3 is 2.23 bits per heavy atom. The monoisotopic (exact) mass is 411 g/mol. The molecule has 1 amide bonds. The number of fused-ring (bicyclic) bond motifs is 1. The molecule has 0 radical (unpaired) electrons. The predicted octanol–water partition coefficient (Wildman–Crippen LogP) is 4.46. The van der Waals surface area contributed by atoms with Gasteiger partial charge in [0.25, 0.3) is 0 Å². The summed E-state index contributed by atoms with van der Waals surface area (Å²) in [6.45, 7) is 7.05. The molecule has 0 saturated carbocycles. The summed E-state index contributed by atoms with van der Waals surface area (Å²) in [5, 5.41) is 19.5. The van der Waals surface area contributed by atoms with Gasteiger partial charge in [0.2, 0.25) is 5.91 Å². The van der Waals surface area contributed by atoms with Crippen LogP contribution in [0.2, 0.25) is 0 Å². The van der Waals surface area contributed by atoms with E-state index in [0.29, 0.717) is 16.7 Å². The van der Waals surface area contributed by atoms with Gasteiger partial charge in [-0.3, -0.25) is 9.59 Å². The van der Waals surface area contributed by atoms with Crippen molar-refractivity contribution in [1.29, 1.82) is 0 Å². The smallest absolute Gasteiger partial charge is 0.307 e. The van der Waals surface area contributed by atoms with E-state index in [1.165, 1.54) is 12.1 Å². The highest BCUT2D eigenvalue weighted by Crippen LogP contribution is 2.35. The van der Waals surface area contributed by atoms with Gasteiger partial charge < -0.3 is 15.9 Å². The van der Waals surface area contributed by atoms with Gasteiger partial charge in [-0.25, -0.2) is 4.39 Å². The van der Waals surface area contributed by atoms with Crippen molar-refractivity contribution >= 4 is 22.6 Å². The summed E-state index contributed by atoms with van der Waals surface area (Å²) in [5.41, 5.74) is 7.26. The summed E-state index contributed by atoms with van der Waals surface area (Å²) in [7, 11) is 0. The number of carboxylic acids is 1. The number of carbonyl (C=O) groups is 2. The van der Waals surface area contributed by atoms with Gasteiger partial charge in [0.15, 0.2) is 0 Å². The molecule has 0 aliphatic carbocycles. The molecule has 3 aromatic carbocycles. The highest BCUT2D eigenvalue weighted by Gasteiger charge is 2.17. The molecule has 3 rings (SSSR count). The lowest BCUT2D eigenvalue weighted by atomic mass is 9.88. The molecule has 0 fully saturated rings. The molecule has 0 aromatic heterocycles. The number of benzene rings is 3. The van der Waals surface area contributed by atoms with Crippen molar-refractivity contribution in [2.24, 2.45) is 5.73 Å². The summed E-state index contributed by atoms with van der Waals surface area (Å²) >= 11 is 0. The number of hydrogen-bond acceptors (Lipinski definition) is 3. The van der Waals surface area contributed by atoms with Crippen LogP contribution in [-0.2, 0) is 11.2 Å². The number of nitrogens with two attached hydrogens (primary N) is 1. The van der Waals surface area contributed by atoms with E-state index in [0.717, 1.165) is 22.4 Å². The first-order valence-electron chi connectivity index (χ1n) is 9.43. The Balaban J connectivity index is 0.000000575. The van der Waals surface area contributed by atoms with Gasteiger partial charge in [0, 0.05) is 5.56 Å². The third-order valence-corrected chi connectivity index (χ3v) is 4.18. The summed E-state index contributed by atoms with van der Waals surface area (Å²) in [5.74, 6) is -2.32. The number of aryl methyl sites for hydroxylation is 1. The predicted molar refractivity (Wildman–Crippen MR) is 116 cm³/mol. The molecule has 0 unspecified atom stereocenters. The highest BCUT2D eigenvalue weighted by atomic mass is 19.1. The average molecular weight is 411 g/mol. The van der Waals surface area contributed by atoms with Crippen molar-refractivity contribution in [2.45, 2.75) is 39.7 Å². The molecular weight excluding hydrogens is 385 g/mol. The second kappa shape index (κ2) is 9.05. The van der Waals surface area contributed by atoms with Gasteiger partial charge in [0.1, 0.15) is 5.82 Å². The van der Waals surface area contributed by atoms with E-state index in [1.54, 1.807) is 20.8 Å². The van der Waals surface area contributed by atoms with Crippen LogP contribution in [0, 0.1) is 12.7 Å². The first-order valence-corrected chi connectivity index (χ1v) is 9.43. The van der Waals surface area contributed by atoms with Crippen LogP contribution in [0.1, 0.15) is 42.3 Å². The Morgan fingerprint density at radius 1 is 1.07 bits per heavy atom. The molecule has 0 atom stereocenters. The number of amides is 1. The second-order valence-corrected chi connectivity index (χ2v) is 8.10. The third-order valence-electron chi connectivity index (χ3n) is 4.18. The van der Waals surface area contributed by atoms with E-state index in [2.05, 4.69) is 0 Å². The van der Waals surface area contributed by atoms with Crippen LogP contribution in [-0.4, -0.2) is 27.7 Å². The molecule has 0 spiro atoms. The van der Waals surface area contributed by atoms with Gasteiger partial charge in [-0.1, -0.05) is 30.3 Å². The zero-order chi connectivity index (χ0) is 22.6. The van der Waals surface area contributed by atoms with E-state index in [9.17, 15) is 19.1 Å². The molecule has 0 saturated heterocycles. The van der Waals surface area contributed by atoms with Crippen molar-refractivity contribution in [3.05, 3.63) is 71.0 Å². The maximum Gasteiger partial charge on any atom is 0.307 e. The van der Waals surface area contributed by atoms with E-state index in [4.69, 9.17) is 10.8 Å². The van der Waals surface area contributed by atoms with Crippen LogP contribution in [0.15, 0.2) is 48.5 Å². The summed E-state index contributed by atoms with van der Waals surface area (Å²) < 4.78 is 14.0. The minimum absolute atomic E-state index is 0.0434. The van der Waals surface area contributed by atoms with Crippen LogP contribution in [0.3, 0.4) is 0 Å². The zero-order valence-electron chi connectivity index (χ0n) is 17.5. The largest absolute Gasteiger partial charge is 0.481 e. The van der Waals surface area contributed by atoms with Crippen molar-refractivity contribution in [3.63, 3.8) is 0 Å². The van der Waals surface area contributed by atoms with Crippen LogP contribution in [0.25, 0.3) is 21.9 Å². The topological polar surface area (TPSA) is 101 Å². The van der Waals surface area contributed by atoms with Crippen LogP contribution >= 0.6 is 0 Å². The lowest BCUT2D eigenvalue weighted by molar-refractivity contribution is -0.136. The SMILES string of the molecule is CC(C)(C)O.Cc1cc2ccccc2c(-c2cc(F)cc(C(N)=O)c2)c1CC(=O)O. The fourth-order valence-corrected chi connectivity index (χ4v) is 3.12. The highest BCUT2D eigenvalue weighted by molar-refractivity contribution is 6.02. The fraction of sp³-hybridized carbons (Fsp3) is 0.250. The van der Waals surface area contributed by atoms with Gasteiger partial charge in [-0.15, -0.1) is 0 Å². The number of hydrogen-bond donors (Lipinski definition) is 3. The molecule has 0 heterocycles. The molecule has 0 bridgehead atoms. The maximum atomic E-state index is 14.0. The summed E-state index contributed by atoms with van der Waals surface area (Å²) in [4.78, 5) is 22.8. The Kier molecular flexibility index (Phi) is 6.95. The molecule has 3 aromatic rings. The summed E-state index contributed by atoms with van der Waals surface area (Å²) in [6.07, 6.45) is -0.200. The van der Waals surface area contributed by atoms with Crippen LogP contribution < -0.4 is 5.73 Å². The van der Waals surface area contributed by atoms with Crippen LogP contribution in [0.4, 0.5) is 4.39 Å². The average Bonchev–Trinajstić information content (AvgIpc) is 2.60. The number of carbonyl (C=O) groups excluding carboxylic acids is 1. The molecule has 4 N–H and O–H groups in total. The van der Waals surface area contributed by atoms with Gasteiger partial charge >= 0.3 is 5.97 Å². The number of halogens is 1. The Hall–Kier alpha value is -3.25. The standard InChI is InChI=1S/C20H16FNO3.C4H10O/c1-11-6-12-4-2-3-5-16(12)19(17(11)10-18(23)24)13-7-14(20(22)25)9-15(21)8-13;1-4(2,3)5/h2-9H,10H2,1H3,(H2,22,25)(H,23,24);5H,1-3H3. The van der Waals surface area contributed by atoms with Crippen LogP contribution in [0.5, 0.6) is 0 Å². The molecule has 5 nitrogen and oxygen atoms in total. The minimum atomic E-state index is -0.980. The molecular formula is C24H26FNO4. The number of primary amides is 1. The minimum Gasteiger partial charge on any atom is -0.481 e. The first-order chi connectivity index (χ1) is 13.9. The molecule has 158 valence electrons. The number of aliphatic hydroxyl groups is 1. The van der Waals surface area contributed by atoms with Crippen molar-refractivity contribution in [1.82, 2.24) is 0 Å². The van der Waals surface area contributed by atoms with Gasteiger partial charge in [-0.05, 0) is 78.9 Å². The third kappa shape index (κ3) is 6.12. The first kappa shape index (κ1) is 23.0. The van der Waals surface area contributed by atoms with Crippen molar-refractivity contribution in [2.75, 3.05) is 0 Å². The zero-order valence-corrected chi connectivity index (χ0v) is 17.5. The van der Waals surface area contributed by atoms with E-state index in [1.807, 2.05) is 37.3 Å². The van der Waals surface area contributed by atoms with Gasteiger partial charge in [-0.2, -0.15) is 0 Å². The van der Waals surface area contributed by atoms with E-state index >= 15 is 0 Å². The fourth-order valence-electron chi connectivity index (χ4n) is 3.12. The Morgan fingerprint density at radius 2 is 1.67 bits per heavy atom. The van der Waals surface area contributed by atoms with Crippen molar-refractivity contribution in [3.8, 4) is 11.1 Å². The molecule has 6 heteroatoms. The number of carboxylic acid groups (broad SMARTS) is 1. The van der Waals surface area contributed by atoms with E-state index in [-0.39, 0.29) is 12.0 Å². The normalized spacial score (nSPS) is 11.0. The second-order valence-electron chi connectivity index (χ2n) is 8.10.